The summed E-state index contributed by atoms with van der Waals surface area (Å²) in [6.45, 7) is 5.72. The van der Waals surface area contributed by atoms with Gasteiger partial charge in [-0.1, -0.05) is 44.2 Å². The minimum atomic E-state index is 0.275. The molecular weight excluding hydrogens is 262 g/mol. The second-order valence-corrected chi connectivity index (χ2v) is 5.01. The van der Waals surface area contributed by atoms with Crippen molar-refractivity contribution in [1.82, 2.24) is 5.32 Å². The van der Waals surface area contributed by atoms with Gasteiger partial charge in [-0.15, -0.1) is 0 Å². The summed E-state index contributed by atoms with van der Waals surface area (Å²) in [7, 11) is 0. The first kappa shape index (κ1) is 15.4. The molecule has 0 spiro atoms. The summed E-state index contributed by atoms with van der Waals surface area (Å²) >= 11 is 0. The minimum absolute atomic E-state index is 0.275. The molecule has 0 aromatic heterocycles. The minimum Gasteiger partial charge on any atom is -0.508 e. The van der Waals surface area contributed by atoms with Gasteiger partial charge in [0.2, 0.25) is 0 Å². The Labute approximate surface area is 126 Å². The molecule has 0 amide bonds. The Balaban J connectivity index is 2.10. The van der Waals surface area contributed by atoms with Crippen LogP contribution >= 0.6 is 0 Å². The number of hydrogen-bond acceptors (Lipinski definition) is 3. The summed E-state index contributed by atoms with van der Waals surface area (Å²) in [5.41, 5.74) is 2.24. The van der Waals surface area contributed by atoms with E-state index in [1.165, 1.54) is 5.56 Å². The van der Waals surface area contributed by atoms with Crippen molar-refractivity contribution in [2.24, 2.45) is 0 Å². The van der Waals surface area contributed by atoms with E-state index in [1.54, 1.807) is 12.1 Å². The Bertz CT molecular complexity index is 551. The number of nitrogens with one attached hydrogen (secondary N) is 1. The largest absolute Gasteiger partial charge is 0.508 e. The maximum Gasteiger partial charge on any atom is 0.124 e. The molecule has 3 heteroatoms. The van der Waals surface area contributed by atoms with Gasteiger partial charge in [0, 0.05) is 11.6 Å². The van der Waals surface area contributed by atoms with E-state index >= 15 is 0 Å². The van der Waals surface area contributed by atoms with E-state index in [9.17, 15) is 5.11 Å². The van der Waals surface area contributed by atoms with Crippen LogP contribution in [0, 0.1) is 0 Å². The summed E-state index contributed by atoms with van der Waals surface area (Å²) < 4.78 is 5.97. The van der Waals surface area contributed by atoms with Crippen molar-refractivity contribution in [2.75, 3.05) is 6.54 Å². The van der Waals surface area contributed by atoms with Crippen LogP contribution in [0.1, 0.15) is 37.4 Å². The first-order valence-corrected chi connectivity index (χ1v) is 7.47. The van der Waals surface area contributed by atoms with Gasteiger partial charge in [-0.05, 0) is 36.7 Å². The maximum absolute atomic E-state index is 9.30. The first-order chi connectivity index (χ1) is 10.2. The van der Waals surface area contributed by atoms with E-state index in [4.69, 9.17) is 4.74 Å². The standard InChI is InChI=1S/C18H23NO2/c1-3-17(19-4-2)16-7-5-6-8-18(16)21-13-14-9-11-15(20)12-10-14/h5-12,17,19-20H,3-4,13H2,1-2H3. The zero-order valence-corrected chi connectivity index (χ0v) is 12.7. The van der Waals surface area contributed by atoms with Crippen molar-refractivity contribution in [3.63, 3.8) is 0 Å². The predicted molar refractivity (Wildman–Crippen MR) is 85.6 cm³/mol. The summed E-state index contributed by atoms with van der Waals surface area (Å²) in [5, 5.41) is 12.8. The highest BCUT2D eigenvalue weighted by Gasteiger charge is 2.13. The molecule has 0 fully saturated rings. The first-order valence-electron chi connectivity index (χ1n) is 7.47. The Kier molecular flexibility index (Phi) is 5.64. The SMILES string of the molecule is CCNC(CC)c1ccccc1OCc1ccc(O)cc1. The van der Waals surface area contributed by atoms with Crippen molar-refractivity contribution >= 4 is 0 Å². The molecular formula is C18H23NO2. The third-order valence-electron chi connectivity index (χ3n) is 3.48. The van der Waals surface area contributed by atoms with Crippen molar-refractivity contribution in [2.45, 2.75) is 32.9 Å². The molecule has 2 rings (SSSR count). The van der Waals surface area contributed by atoms with Crippen molar-refractivity contribution in [3.8, 4) is 11.5 Å². The van der Waals surface area contributed by atoms with Gasteiger partial charge in [-0.3, -0.25) is 0 Å². The van der Waals surface area contributed by atoms with E-state index < -0.39 is 0 Å². The normalized spacial score (nSPS) is 12.1. The smallest absolute Gasteiger partial charge is 0.124 e. The Morgan fingerprint density at radius 1 is 1.05 bits per heavy atom. The van der Waals surface area contributed by atoms with E-state index in [1.807, 2.05) is 30.3 Å². The lowest BCUT2D eigenvalue weighted by atomic mass is 10.0. The van der Waals surface area contributed by atoms with E-state index in [0.717, 1.165) is 24.3 Å². The van der Waals surface area contributed by atoms with Crippen LogP contribution in [0.3, 0.4) is 0 Å². The molecule has 1 atom stereocenters. The highest BCUT2D eigenvalue weighted by molar-refractivity contribution is 5.36. The molecule has 0 saturated carbocycles. The molecule has 0 saturated heterocycles. The topological polar surface area (TPSA) is 41.5 Å². The molecule has 112 valence electrons. The lowest BCUT2D eigenvalue weighted by molar-refractivity contribution is 0.298. The summed E-state index contributed by atoms with van der Waals surface area (Å²) in [4.78, 5) is 0. The second-order valence-electron chi connectivity index (χ2n) is 5.01. The van der Waals surface area contributed by atoms with Crippen LogP contribution < -0.4 is 10.1 Å². The van der Waals surface area contributed by atoms with Gasteiger partial charge >= 0.3 is 0 Å². The summed E-state index contributed by atoms with van der Waals surface area (Å²) in [5.74, 6) is 1.19. The fourth-order valence-electron chi connectivity index (χ4n) is 2.37. The van der Waals surface area contributed by atoms with Gasteiger partial charge in [-0.25, -0.2) is 0 Å². The molecule has 3 nitrogen and oxygen atoms in total. The molecule has 0 aliphatic heterocycles. The number of para-hydroxylation sites is 1. The van der Waals surface area contributed by atoms with Crippen LogP contribution in [-0.4, -0.2) is 11.7 Å². The van der Waals surface area contributed by atoms with Crippen LogP contribution in [0.2, 0.25) is 0 Å². The van der Waals surface area contributed by atoms with Crippen molar-refractivity contribution in [3.05, 3.63) is 59.7 Å². The molecule has 0 radical (unpaired) electrons. The number of phenols is 1. The maximum atomic E-state index is 9.30. The monoisotopic (exact) mass is 285 g/mol. The highest BCUT2D eigenvalue weighted by atomic mass is 16.5. The van der Waals surface area contributed by atoms with Crippen molar-refractivity contribution in [1.29, 1.82) is 0 Å². The van der Waals surface area contributed by atoms with Gasteiger partial charge in [-0.2, -0.15) is 0 Å². The molecule has 2 aromatic rings. The quantitative estimate of drug-likeness (QED) is 0.807. The van der Waals surface area contributed by atoms with E-state index in [0.29, 0.717) is 12.6 Å². The Morgan fingerprint density at radius 3 is 2.43 bits per heavy atom. The van der Waals surface area contributed by atoms with Gasteiger partial charge in [0.05, 0.1) is 0 Å². The average Bonchev–Trinajstić information content (AvgIpc) is 2.52. The fourth-order valence-corrected chi connectivity index (χ4v) is 2.37. The number of ether oxygens (including phenoxy) is 1. The van der Waals surface area contributed by atoms with Crippen LogP contribution in [0.5, 0.6) is 11.5 Å². The second kappa shape index (κ2) is 7.70. The average molecular weight is 285 g/mol. The number of rotatable bonds is 7. The van der Waals surface area contributed by atoms with Crippen LogP contribution in [-0.2, 0) is 6.61 Å². The number of aromatic hydroxyl groups is 1. The Hall–Kier alpha value is -2.00. The van der Waals surface area contributed by atoms with E-state index in [-0.39, 0.29) is 5.75 Å². The lowest BCUT2D eigenvalue weighted by Gasteiger charge is -2.20. The lowest BCUT2D eigenvalue weighted by Crippen LogP contribution is -2.20. The number of benzene rings is 2. The summed E-state index contributed by atoms with van der Waals surface area (Å²) in [6.07, 6.45) is 1.02. The van der Waals surface area contributed by atoms with E-state index in [2.05, 4.69) is 25.2 Å². The fraction of sp³-hybridized carbons (Fsp3) is 0.333. The molecule has 2 aromatic carbocycles. The van der Waals surface area contributed by atoms with Crippen LogP contribution in [0.25, 0.3) is 0 Å². The van der Waals surface area contributed by atoms with Gasteiger partial charge in [0.15, 0.2) is 0 Å². The van der Waals surface area contributed by atoms with Gasteiger partial charge in [0.25, 0.3) is 0 Å². The van der Waals surface area contributed by atoms with Crippen LogP contribution in [0.15, 0.2) is 48.5 Å². The molecule has 0 aliphatic rings. The van der Waals surface area contributed by atoms with Crippen LogP contribution in [0.4, 0.5) is 0 Å². The molecule has 0 heterocycles. The molecule has 0 bridgehead atoms. The third kappa shape index (κ3) is 4.23. The van der Waals surface area contributed by atoms with Gasteiger partial charge in [0.1, 0.15) is 18.1 Å². The molecule has 21 heavy (non-hydrogen) atoms. The van der Waals surface area contributed by atoms with Gasteiger partial charge < -0.3 is 15.2 Å². The molecule has 2 N–H and O–H groups in total. The Morgan fingerprint density at radius 2 is 1.76 bits per heavy atom. The zero-order valence-electron chi connectivity index (χ0n) is 12.7. The number of phenolic OH excluding ortho intramolecular Hbond substituents is 1. The highest BCUT2D eigenvalue weighted by Crippen LogP contribution is 2.27. The zero-order chi connectivity index (χ0) is 15.1. The third-order valence-corrected chi connectivity index (χ3v) is 3.48. The molecule has 0 aliphatic carbocycles. The molecule has 1 unspecified atom stereocenters. The summed E-state index contributed by atoms with van der Waals surface area (Å²) in [6, 6.07) is 15.6. The van der Waals surface area contributed by atoms with Crippen molar-refractivity contribution < 1.29 is 9.84 Å². The number of hydrogen-bond donors (Lipinski definition) is 2. The predicted octanol–water partition coefficient (Wildman–Crippen LogP) is 4.03.